The number of hydrogen-bond donors (Lipinski definition) is 0. The fourth-order valence-corrected chi connectivity index (χ4v) is 7.84. The van der Waals surface area contributed by atoms with Gasteiger partial charge in [0.25, 0.3) is 0 Å². The molecule has 53 heavy (non-hydrogen) atoms. The van der Waals surface area contributed by atoms with E-state index in [1.54, 1.807) is 0 Å². The average molecular weight is 675 g/mol. The molecule has 0 nitrogen and oxygen atoms in total. The van der Waals surface area contributed by atoms with E-state index in [9.17, 15) is 0 Å². The molecule has 0 saturated carbocycles. The maximum Gasteiger partial charge on any atom is -0.00135 e. The minimum absolute atomic E-state index is 1.10. The fourth-order valence-electron chi connectivity index (χ4n) is 7.84. The maximum atomic E-state index is 2.22. The van der Waals surface area contributed by atoms with Gasteiger partial charge in [-0.3, -0.25) is 0 Å². The van der Waals surface area contributed by atoms with Gasteiger partial charge in [0, 0.05) is 0 Å². The largest absolute Gasteiger partial charge is 0.0619 e. The van der Waals surface area contributed by atoms with Gasteiger partial charge in [-0.15, -0.1) is 0 Å². The molecule has 0 heteroatoms. The molecule has 11 aromatic carbocycles. The Hall–Kier alpha value is -6.76. The summed E-state index contributed by atoms with van der Waals surface area (Å²) in [4.78, 5) is 0. The summed E-state index contributed by atoms with van der Waals surface area (Å²) in [6, 6.07) is 77.2. The highest BCUT2D eigenvalue weighted by atomic mass is 14.2. The molecule has 1 aliphatic rings. The summed E-state index contributed by atoms with van der Waals surface area (Å²) in [6.45, 7) is 0. The summed E-state index contributed by atoms with van der Waals surface area (Å²) < 4.78 is 0. The van der Waals surface area contributed by atoms with Crippen LogP contribution in [0.4, 0.5) is 0 Å². The molecular weight excluding hydrogens is 637 g/mol. The van der Waals surface area contributed by atoms with Crippen molar-refractivity contribution in [3.8, 4) is 11.1 Å². The Bertz CT molecular complexity index is 2690. The second-order valence-corrected chi connectivity index (χ2v) is 13.6. The van der Waals surface area contributed by atoms with E-state index in [-0.39, 0.29) is 0 Å². The minimum atomic E-state index is 1.10. The lowest BCUT2D eigenvalue weighted by atomic mass is 9.95. The molecule has 0 spiro atoms. The Morgan fingerprint density at radius 3 is 0.887 bits per heavy atom. The number of fused-ring (bicyclic) bond motifs is 7. The van der Waals surface area contributed by atoms with E-state index in [0.717, 1.165) is 6.42 Å². The van der Waals surface area contributed by atoms with Crippen LogP contribution in [0.1, 0.15) is 11.1 Å². The van der Waals surface area contributed by atoms with Crippen molar-refractivity contribution in [1.29, 1.82) is 0 Å². The van der Waals surface area contributed by atoms with Crippen molar-refractivity contribution in [2.45, 2.75) is 6.42 Å². The van der Waals surface area contributed by atoms with Crippen molar-refractivity contribution in [3.05, 3.63) is 230 Å². The third-order valence-electron chi connectivity index (χ3n) is 10.4. The standard InChI is InChI=1S/C16H10.C14H10.C13H10.C10H8/c1-3-11-7-9-13-5-2-6-14-10-8-12(4-1)15(11)16(13)14;1-3-7-13-11(5-1)9-10-12-6-2-4-8-14(12)13;1-3-7-12-10(5-1)9-11-6-2-4-8-13(11)12;1-2-6-10-8-4-3-7-9(10)5-1/h1-10H;1-10H;1-8H,9H2;1-8H. The average Bonchev–Trinajstić information content (AvgIpc) is 3.62. The topological polar surface area (TPSA) is 0 Å². The summed E-state index contributed by atoms with van der Waals surface area (Å²) in [5, 5.41) is 16.1. The van der Waals surface area contributed by atoms with Gasteiger partial charge in [0.1, 0.15) is 0 Å². The lowest BCUT2D eigenvalue weighted by Crippen LogP contribution is -1.82. The van der Waals surface area contributed by atoms with Crippen LogP contribution in [0.2, 0.25) is 0 Å². The molecule has 0 saturated heterocycles. The van der Waals surface area contributed by atoms with Crippen molar-refractivity contribution in [2.24, 2.45) is 0 Å². The Morgan fingerprint density at radius 2 is 0.491 bits per heavy atom. The first-order valence-electron chi connectivity index (χ1n) is 18.4. The molecule has 0 unspecified atom stereocenters. The third kappa shape index (κ3) is 6.48. The first-order chi connectivity index (χ1) is 26.3. The zero-order chi connectivity index (χ0) is 35.4. The molecule has 11 aromatic rings. The Labute approximate surface area is 310 Å². The second-order valence-electron chi connectivity index (χ2n) is 13.6. The van der Waals surface area contributed by atoms with Gasteiger partial charge in [-0.1, -0.05) is 218 Å². The van der Waals surface area contributed by atoms with Gasteiger partial charge in [-0.2, -0.15) is 0 Å². The van der Waals surface area contributed by atoms with Crippen molar-refractivity contribution in [2.75, 3.05) is 0 Å². The van der Waals surface area contributed by atoms with Gasteiger partial charge in [-0.25, -0.2) is 0 Å². The molecule has 0 bridgehead atoms. The summed E-state index contributed by atoms with van der Waals surface area (Å²) in [5.41, 5.74) is 5.75. The van der Waals surface area contributed by atoms with E-state index in [1.807, 2.05) is 0 Å². The molecule has 0 N–H and O–H groups in total. The highest BCUT2D eigenvalue weighted by molar-refractivity contribution is 6.22. The van der Waals surface area contributed by atoms with E-state index in [0.29, 0.717) is 0 Å². The minimum Gasteiger partial charge on any atom is -0.0619 e. The van der Waals surface area contributed by atoms with Crippen molar-refractivity contribution < 1.29 is 0 Å². The fraction of sp³-hybridized carbons (Fsp3) is 0.0189. The van der Waals surface area contributed by atoms with Crippen LogP contribution in [0.25, 0.3) is 75.8 Å². The lowest BCUT2D eigenvalue weighted by molar-refractivity contribution is 1.26. The smallest absolute Gasteiger partial charge is 0.00135 e. The molecule has 0 aliphatic heterocycles. The van der Waals surface area contributed by atoms with Crippen LogP contribution >= 0.6 is 0 Å². The first kappa shape index (κ1) is 32.2. The maximum absolute atomic E-state index is 2.22. The summed E-state index contributed by atoms with van der Waals surface area (Å²) in [6.07, 6.45) is 1.10. The van der Waals surface area contributed by atoms with Crippen LogP contribution in [0.5, 0.6) is 0 Å². The van der Waals surface area contributed by atoms with E-state index in [1.165, 1.54) is 86.9 Å². The summed E-state index contributed by atoms with van der Waals surface area (Å²) >= 11 is 0. The van der Waals surface area contributed by atoms with Crippen LogP contribution in [-0.4, -0.2) is 0 Å². The van der Waals surface area contributed by atoms with Gasteiger partial charge in [0.05, 0.1) is 0 Å². The van der Waals surface area contributed by atoms with Crippen LogP contribution in [-0.2, 0) is 6.42 Å². The molecule has 0 heterocycles. The SMILES string of the molecule is c1cc2ccc3cccc4ccc(c1)c2c34.c1ccc2c(c1)Cc1ccccc1-2.c1ccc2c(c1)ccc1ccccc12.c1ccc2ccccc2c1. The lowest BCUT2D eigenvalue weighted by Gasteiger charge is -2.09. The van der Waals surface area contributed by atoms with E-state index >= 15 is 0 Å². The quantitative estimate of drug-likeness (QED) is 0.140. The molecule has 0 radical (unpaired) electrons. The molecule has 0 amide bonds. The third-order valence-corrected chi connectivity index (χ3v) is 10.4. The summed E-state index contributed by atoms with van der Waals surface area (Å²) in [7, 11) is 0. The van der Waals surface area contributed by atoms with Gasteiger partial charge in [-0.05, 0) is 93.3 Å². The van der Waals surface area contributed by atoms with Crippen LogP contribution in [0.3, 0.4) is 0 Å². The Morgan fingerprint density at radius 1 is 0.208 bits per heavy atom. The van der Waals surface area contributed by atoms with E-state index < -0.39 is 0 Å². The number of benzene rings is 11. The zero-order valence-electron chi connectivity index (χ0n) is 29.5. The van der Waals surface area contributed by atoms with Gasteiger partial charge in [0.2, 0.25) is 0 Å². The van der Waals surface area contributed by atoms with E-state index in [4.69, 9.17) is 0 Å². The van der Waals surface area contributed by atoms with Gasteiger partial charge in [0.15, 0.2) is 0 Å². The van der Waals surface area contributed by atoms with Gasteiger partial charge < -0.3 is 0 Å². The first-order valence-corrected chi connectivity index (χ1v) is 18.4. The number of rotatable bonds is 0. The summed E-state index contributed by atoms with van der Waals surface area (Å²) in [5.74, 6) is 0. The predicted octanol–water partition coefficient (Wildman–Crippen LogP) is 14.7. The Balaban J connectivity index is 0.0000000948. The number of hydrogen-bond acceptors (Lipinski definition) is 0. The van der Waals surface area contributed by atoms with E-state index in [2.05, 4.69) is 218 Å². The van der Waals surface area contributed by atoms with Crippen molar-refractivity contribution in [1.82, 2.24) is 0 Å². The predicted molar refractivity (Wildman–Crippen MR) is 230 cm³/mol. The molecular formula is C53H38. The van der Waals surface area contributed by atoms with Crippen molar-refractivity contribution in [3.63, 3.8) is 0 Å². The van der Waals surface area contributed by atoms with Gasteiger partial charge >= 0.3 is 0 Å². The highest BCUT2D eigenvalue weighted by Crippen LogP contribution is 2.36. The Kier molecular flexibility index (Phi) is 8.78. The normalized spacial score (nSPS) is 11.3. The zero-order valence-corrected chi connectivity index (χ0v) is 29.5. The van der Waals surface area contributed by atoms with Crippen LogP contribution < -0.4 is 0 Å². The van der Waals surface area contributed by atoms with Crippen LogP contribution in [0, 0.1) is 0 Å². The van der Waals surface area contributed by atoms with Crippen LogP contribution in [0.15, 0.2) is 218 Å². The molecule has 0 aromatic heterocycles. The highest BCUT2D eigenvalue weighted by Gasteiger charge is 2.16. The molecule has 250 valence electrons. The molecule has 12 rings (SSSR count). The van der Waals surface area contributed by atoms with Crippen molar-refractivity contribution >= 4 is 64.6 Å². The monoisotopic (exact) mass is 674 g/mol. The molecule has 0 fully saturated rings. The second kappa shape index (κ2) is 14.5. The molecule has 1 aliphatic carbocycles. The molecule has 0 atom stereocenters.